The van der Waals surface area contributed by atoms with Crippen molar-refractivity contribution >= 4 is 23.7 Å². The van der Waals surface area contributed by atoms with Gasteiger partial charge in [-0.2, -0.15) is 0 Å². The van der Waals surface area contributed by atoms with Crippen LogP contribution in [0.1, 0.15) is 49.5 Å². The lowest BCUT2D eigenvalue weighted by Crippen LogP contribution is -2.43. The molecule has 29 heavy (non-hydrogen) atoms. The molecule has 0 aromatic heterocycles. The minimum atomic E-state index is -0.872. The zero-order valence-electron chi connectivity index (χ0n) is 15.9. The van der Waals surface area contributed by atoms with Crippen LogP contribution in [-0.2, 0) is 16.0 Å². The summed E-state index contributed by atoms with van der Waals surface area (Å²) in [5.41, 5.74) is 1.63. The van der Waals surface area contributed by atoms with Gasteiger partial charge in [-0.25, -0.2) is 4.79 Å². The minimum absolute atomic E-state index is 0.0331. The quantitative estimate of drug-likeness (QED) is 0.599. The van der Waals surface area contributed by atoms with E-state index in [0.717, 1.165) is 18.4 Å². The summed E-state index contributed by atoms with van der Waals surface area (Å²) in [5.74, 6) is -1.74. The van der Waals surface area contributed by atoms with Gasteiger partial charge in [0.05, 0.1) is 18.2 Å². The number of rotatable bonds is 6. The maximum atomic E-state index is 12.8. The average molecular weight is 392 g/mol. The van der Waals surface area contributed by atoms with Crippen LogP contribution in [0.25, 0.3) is 0 Å². The first-order valence-electron chi connectivity index (χ1n) is 9.44. The Bertz CT molecular complexity index is 998. The molecule has 0 radical (unpaired) electrons. The Kier molecular flexibility index (Phi) is 4.88. The van der Waals surface area contributed by atoms with Crippen LogP contribution < -0.4 is 5.32 Å². The second-order valence-corrected chi connectivity index (χ2v) is 7.21. The molecular weight excluding hydrogens is 372 g/mol. The van der Waals surface area contributed by atoms with Gasteiger partial charge in [0.2, 0.25) is 0 Å². The van der Waals surface area contributed by atoms with Crippen molar-refractivity contribution in [1.82, 2.24) is 10.2 Å². The molecule has 7 nitrogen and oxygen atoms in total. The third-order valence-electron chi connectivity index (χ3n) is 5.17. The summed E-state index contributed by atoms with van der Waals surface area (Å²) in [7, 11) is 1.26. The first kappa shape index (κ1) is 18.9. The van der Waals surface area contributed by atoms with Crippen molar-refractivity contribution in [2.45, 2.75) is 31.3 Å². The molecule has 7 heteroatoms. The fraction of sp³-hybridized carbons (Fsp3) is 0.273. The largest absolute Gasteiger partial charge is 0.467 e. The standard InChI is InChI=1S/C22H20N2O5/c1-29-22(28)18(11-13-5-3-2-4-6-13)23-19(25)14-7-10-16-17(12-14)21(27)24(20(16)26)15-8-9-15/h2-7,10,12,15,18H,8-9,11H2,1H3,(H,23,25). The first-order chi connectivity index (χ1) is 14.0. The summed E-state index contributed by atoms with van der Waals surface area (Å²) < 4.78 is 4.81. The van der Waals surface area contributed by atoms with E-state index >= 15 is 0 Å². The van der Waals surface area contributed by atoms with Crippen molar-refractivity contribution in [2.24, 2.45) is 0 Å². The SMILES string of the molecule is COC(=O)C(Cc1ccccc1)NC(=O)c1ccc2c(c1)C(=O)N(C1CC1)C2=O. The highest BCUT2D eigenvalue weighted by molar-refractivity contribution is 6.22. The lowest BCUT2D eigenvalue weighted by molar-refractivity contribution is -0.142. The molecule has 4 rings (SSSR count). The number of benzene rings is 2. The smallest absolute Gasteiger partial charge is 0.328 e. The van der Waals surface area contributed by atoms with Crippen molar-refractivity contribution < 1.29 is 23.9 Å². The number of carbonyl (C=O) groups excluding carboxylic acids is 4. The number of amides is 3. The highest BCUT2D eigenvalue weighted by atomic mass is 16.5. The summed E-state index contributed by atoms with van der Waals surface area (Å²) >= 11 is 0. The fourth-order valence-corrected chi connectivity index (χ4v) is 3.49. The van der Waals surface area contributed by atoms with Crippen LogP contribution in [0.15, 0.2) is 48.5 Å². The molecule has 1 atom stereocenters. The van der Waals surface area contributed by atoms with Gasteiger partial charge in [0, 0.05) is 18.0 Å². The maximum absolute atomic E-state index is 12.8. The van der Waals surface area contributed by atoms with Crippen molar-refractivity contribution in [1.29, 1.82) is 0 Å². The van der Waals surface area contributed by atoms with Gasteiger partial charge in [-0.15, -0.1) is 0 Å². The second-order valence-electron chi connectivity index (χ2n) is 7.21. The summed E-state index contributed by atoms with van der Waals surface area (Å²) in [4.78, 5) is 51.2. The van der Waals surface area contributed by atoms with E-state index in [0.29, 0.717) is 5.56 Å². The van der Waals surface area contributed by atoms with E-state index in [1.807, 2.05) is 30.3 Å². The summed E-state index contributed by atoms with van der Waals surface area (Å²) in [6.07, 6.45) is 1.91. The number of esters is 1. The molecule has 0 bridgehead atoms. The van der Waals surface area contributed by atoms with Gasteiger partial charge in [0.25, 0.3) is 17.7 Å². The predicted molar refractivity (Wildman–Crippen MR) is 103 cm³/mol. The van der Waals surface area contributed by atoms with E-state index in [2.05, 4.69) is 5.32 Å². The van der Waals surface area contributed by atoms with E-state index in [-0.39, 0.29) is 35.4 Å². The molecule has 1 unspecified atom stereocenters. The van der Waals surface area contributed by atoms with Gasteiger partial charge in [-0.05, 0) is 36.6 Å². The van der Waals surface area contributed by atoms with E-state index in [1.54, 1.807) is 0 Å². The highest BCUT2D eigenvalue weighted by Crippen LogP contribution is 2.34. The molecule has 148 valence electrons. The fourth-order valence-electron chi connectivity index (χ4n) is 3.49. The average Bonchev–Trinajstić information content (AvgIpc) is 3.54. The van der Waals surface area contributed by atoms with Gasteiger partial charge < -0.3 is 10.1 Å². The minimum Gasteiger partial charge on any atom is -0.467 e. The summed E-state index contributed by atoms with van der Waals surface area (Å²) in [6.45, 7) is 0. The van der Waals surface area contributed by atoms with Crippen molar-refractivity contribution in [3.05, 3.63) is 70.8 Å². The van der Waals surface area contributed by atoms with Crippen LogP contribution in [0.2, 0.25) is 0 Å². The van der Waals surface area contributed by atoms with Crippen LogP contribution in [-0.4, -0.2) is 47.8 Å². The number of methoxy groups -OCH3 is 1. The summed E-state index contributed by atoms with van der Waals surface area (Å²) in [5, 5.41) is 2.67. The number of nitrogens with zero attached hydrogens (tertiary/aromatic N) is 1. The van der Waals surface area contributed by atoms with Crippen molar-refractivity contribution in [3.8, 4) is 0 Å². The molecule has 0 spiro atoms. The topological polar surface area (TPSA) is 92.8 Å². The zero-order chi connectivity index (χ0) is 20.5. The lowest BCUT2D eigenvalue weighted by atomic mass is 10.0. The number of nitrogens with one attached hydrogen (secondary N) is 1. The van der Waals surface area contributed by atoms with Crippen LogP contribution in [0.5, 0.6) is 0 Å². The monoisotopic (exact) mass is 392 g/mol. The Morgan fingerprint density at radius 1 is 1.07 bits per heavy atom. The normalized spacial score (nSPS) is 16.4. The van der Waals surface area contributed by atoms with Crippen LogP contribution >= 0.6 is 0 Å². The van der Waals surface area contributed by atoms with Crippen molar-refractivity contribution in [2.75, 3.05) is 7.11 Å². The number of fused-ring (bicyclic) bond motifs is 1. The lowest BCUT2D eigenvalue weighted by Gasteiger charge is -2.17. The number of hydrogen-bond acceptors (Lipinski definition) is 5. The van der Waals surface area contributed by atoms with Crippen LogP contribution in [0, 0.1) is 0 Å². The molecule has 1 heterocycles. The van der Waals surface area contributed by atoms with Gasteiger partial charge >= 0.3 is 5.97 Å². The Morgan fingerprint density at radius 2 is 1.76 bits per heavy atom. The van der Waals surface area contributed by atoms with E-state index in [9.17, 15) is 19.2 Å². The Hall–Kier alpha value is -3.48. The molecule has 1 saturated carbocycles. The maximum Gasteiger partial charge on any atom is 0.328 e. The first-order valence-corrected chi connectivity index (χ1v) is 9.44. The molecule has 1 N–H and O–H groups in total. The van der Waals surface area contributed by atoms with Gasteiger partial charge in [0.15, 0.2) is 0 Å². The Labute approximate surface area is 167 Å². The molecule has 0 saturated heterocycles. The van der Waals surface area contributed by atoms with Crippen LogP contribution in [0.3, 0.4) is 0 Å². The van der Waals surface area contributed by atoms with E-state index in [1.165, 1.54) is 30.2 Å². The molecule has 3 amide bonds. The molecular formula is C22H20N2O5. The molecule has 2 aliphatic rings. The zero-order valence-corrected chi connectivity index (χ0v) is 15.9. The Morgan fingerprint density at radius 3 is 2.41 bits per heavy atom. The van der Waals surface area contributed by atoms with E-state index < -0.39 is 17.9 Å². The van der Waals surface area contributed by atoms with Gasteiger partial charge in [0.1, 0.15) is 6.04 Å². The van der Waals surface area contributed by atoms with Crippen LogP contribution in [0.4, 0.5) is 0 Å². The Balaban J connectivity index is 1.54. The summed E-state index contributed by atoms with van der Waals surface area (Å²) in [6, 6.07) is 12.8. The third kappa shape index (κ3) is 3.63. The molecule has 2 aromatic rings. The molecule has 2 aromatic carbocycles. The molecule has 1 aliphatic carbocycles. The highest BCUT2D eigenvalue weighted by Gasteiger charge is 2.44. The number of carbonyl (C=O) groups is 4. The predicted octanol–water partition coefficient (Wildman–Crippen LogP) is 1.96. The third-order valence-corrected chi connectivity index (χ3v) is 5.17. The second kappa shape index (κ2) is 7.50. The number of hydrogen-bond donors (Lipinski definition) is 1. The number of imide groups is 1. The molecule has 1 fully saturated rings. The van der Waals surface area contributed by atoms with Gasteiger partial charge in [-0.3, -0.25) is 19.3 Å². The van der Waals surface area contributed by atoms with Gasteiger partial charge in [-0.1, -0.05) is 30.3 Å². The number of ether oxygens (including phenoxy) is 1. The van der Waals surface area contributed by atoms with Crippen molar-refractivity contribution in [3.63, 3.8) is 0 Å². The van der Waals surface area contributed by atoms with E-state index in [4.69, 9.17) is 4.74 Å². The molecule has 1 aliphatic heterocycles.